The quantitative estimate of drug-likeness (QED) is 0.662. The van der Waals surface area contributed by atoms with Crippen molar-refractivity contribution in [2.24, 2.45) is 0 Å². The Hall–Kier alpha value is -2.66. The Labute approximate surface area is 178 Å². The van der Waals surface area contributed by atoms with Crippen LogP contribution in [0.4, 0.5) is 5.69 Å². The fraction of sp³-hybridized carbons (Fsp3) is 0.440. The predicted octanol–water partition coefficient (Wildman–Crippen LogP) is 4.05. The molecule has 2 N–H and O–H groups in total. The number of amides is 2. The van der Waals surface area contributed by atoms with Gasteiger partial charge in [-0.1, -0.05) is 37.3 Å². The van der Waals surface area contributed by atoms with Crippen LogP contribution in [-0.2, 0) is 17.8 Å². The summed E-state index contributed by atoms with van der Waals surface area (Å²) in [6.45, 7) is 5.24. The normalized spacial score (nSPS) is 15.8. The number of carbonyl (C=O) groups excluding carboxylic acids is 2. The lowest BCUT2D eigenvalue weighted by atomic mass is 10.1. The molecule has 0 spiro atoms. The van der Waals surface area contributed by atoms with Crippen LogP contribution in [0.2, 0.25) is 0 Å². The summed E-state index contributed by atoms with van der Waals surface area (Å²) in [6.07, 6.45) is 5.35. The second kappa shape index (κ2) is 9.00. The predicted molar refractivity (Wildman–Crippen MR) is 120 cm³/mol. The molecule has 5 nitrogen and oxygen atoms in total. The lowest BCUT2D eigenvalue weighted by Gasteiger charge is -2.22. The maximum atomic E-state index is 12.8. The molecule has 2 fully saturated rings. The summed E-state index contributed by atoms with van der Waals surface area (Å²) < 4.78 is 0. The molecule has 30 heavy (non-hydrogen) atoms. The molecule has 2 aliphatic rings. The van der Waals surface area contributed by atoms with Crippen molar-refractivity contribution in [1.82, 2.24) is 10.2 Å². The van der Waals surface area contributed by atoms with Gasteiger partial charge in [0.1, 0.15) is 0 Å². The van der Waals surface area contributed by atoms with Gasteiger partial charge in [0.15, 0.2) is 0 Å². The van der Waals surface area contributed by atoms with Crippen molar-refractivity contribution in [2.75, 3.05) is 11.9 Å². The van der Waals surface area contributed by atoms with E-state index in [0.29, 0.717) is 24.2 Å². The first kappa shape index (κ1) is 20.6. The molecule has 0 radical (unpaired) electrons. The summed E-state index contributed by atoms with van der Waals surface area (Å²) >= 11 is 0. The molecule has 158 valence electrons. The van der Waals surface area contributed by atoms with Crippen LogP contribution < -0.4 is 10.6 Å². The van der Waals surface area contributed by atoms with Crippen molar-refractivity contribution in [1.29, 1.82) is 0 Å². The second-order valence-corrected chi connectivity index (χ2v) is 8.59. The van der Waals surface area contributed by atoms with Gasteiger partial charge in [-0.25, -0.2) is 0 Å². The smallest absolute Gasteiger partial charge is 0.251 e. The standard InChI is InChI=1S/C25H31N3O2/c1-3-19-6-4-5-17(2)24(19)27-23(29)16-28(22-13-14-22)15-18-7-9-20(10-8-18)25(30)26-21-11-12-21/h4-10,21-22H,3,11-16H2,1-2H3,(H,26,30)(H,27,29). The molecule has 2 amide bonds. The Morgan fingerprint density at radius 1 is 1.03 bits per heavy atom. The molecule has 5 heteroatoms. The van der Waals surface area contributed by atoms with Crippen LogP contribution >= 0.6 is 0 Å². The number of hydrogen-bond donors (Lipinski definition) is 2. The van der Waals surface area contributed by atoms with E-state index in [1.54, 1.807) is 0 Å². The maximum Gasteiger partial charge on any atom is 0.251 e. The average Bonchev–Trinajstić information content (AvgIpc) is 3.64. The van der Waals surface area contributed by atoms with Crippen LogP contribution in [0.1, 0.15) is 59.7 Å². The molecule has 2 aliphatic carbocycles. The SMILES string of the molecule is CCc1cccc(C)c1NC(=O)CN(Cc1ccc(C(=O)NC2CC2)cc1)C1CC1. The van der Waals surface area contributed by atoms with E-state index in [0.717, 1.165) is 55.5 Å². The van der Waals surface area contributed by atoms with Crippen LogP contribution in [0.3, 0.4) is 0 Å². The van der Waals surface area contributed by atoms with E-state index < -0.39 is 0 Å². The molecule has 0 atom stereocenters. The summed E-state index contributed by atoms with van der Waals surface area (Å²) in [5, 5.41) is 6.16. The maximum absolute atomic E-state index is 12.8. The third-order valence-electron chi connectivity index (χ3n) is 5.93. The van der Waals surface area contributed by atoms with Crippen LogP contribution in [0.5, 0.6) is 0 Å². The van der Waals surface area contributed by atoms with Gasteiger partial charge in [0.25, 0.3) is 5.91 Å². The van der Waals surface area contributed by atoms with E-state index in [4.69, 9.17) is 0 Å². The first-order chi connectivity index (χ1) is 14.5. The zero-order valence-electron chi connectivity index (χ0n) is 17.9. The third-order valence-corrected chi connectivity index (χ3v) is 5.93. The number of benzene rings is 2. The Bertz CT molecular complexity index is 914. The van der Waals surface area contributed by atoms with E-state index in [1.807, 2.05) is 43.3 Å². The van der Waals surface area contributed by atoms with E-state index in [1.165, 1.54) is 5.56 Å². The molecular weight excluding hydrogens is 374 g/mol. The number of para-hydroxylation sites is 1. The van der Waals surface area contributed by atoms with Crippen LogP contribution in [-0.4, -0.2) is 35.3 Å². The van der Waals surface area contributed by atoms with Gasteiger partial charge in [0.05, 0.1) is 6.54 Å². The molecule has 0 aliphatic heterocycles. The van der Waals surface area contributed by atoms with Gasteiger partial charge >= 0.3 is 0 Å². The highest BCUT2D eigenvalue weighted by Crippen LogP contribution is 2.29. The molecule has 4 rings (SSSR count). The summed E-state index contributed by atoms with van der Waals surface area (Å²) in [5.41, 5.74) is 5.05. The van der Waals surface area contributed by atoms with Crippen molar-refractivity contribution < 1.29 is 9.59 Å². The number of anilines is 1. The van der Waals surface area contributed by atoms with E-state index in [9.17, 15) is 9.59 Å². The van der Waals surface area contributed by atoms with Crippen molar-refractivity contribution >= 4 is 17.5 Å². The third kappa shape index (κ3) is 5.28. The lowest BCUT2D eigenvalue weighted by molar-refractivity contribution is -0.117. The molecule has 0 saturated heterocycles. The van der Waals surface area contributed by atoms with Crippen LogP contribution in [0.25, 0.3) is 0 Å². The summed E-state index contributed by atoms with van der Waals surface area (Å²) in [7, 11) is 0. The first-order valence-corrected chi connectivity index (χ1v) is 11.1. The Balaban J connectivity index is 1.37. The Kier molecular flexibility index (Phi) is 6.18. The van der Waals surface area contributed by atoms with E-state index >= 15 is 0 Å². The molecular formula is C25H31N3O2. The highest BCUT2D eigenvalue weighted by Gasteiger charge is 2.30. The van der Waals surface area contributed by atoms with Gasteiger partial charge in [-0.05, 0) is 67.9 Å². The van der Waals surface area contributed by atoms with Crippen molar-refractivity contribution in [3.63, 3.8) is 0 Å². The number of rotatable bonds is 9. The highest BCUT2D eigenvalue weighted by molar-refractivity contribution is 5.95. The summed E-state index contributed by atoms with van der Waals surface area (Å²) in [6, 6.07) is 14.8. The number of carbonyl (C=O) groups is 2. The number of aryl methyl sites for hydroxylation is 2. The van der Waals surface area contributed by atoms with Gasteiger partial charge < -0.3 is 10.6 Å². The minimum absolute atomic E-state index is 0.00689. The summed E-state index contributed by atoms with van der Waals surface area (Å²) in [5.74, 6) is 0.0405. The molecule has 2 saturated carbocycles. The van der Waals surface area contributed by atoms with Crippen molar-refractivity contribution in [3.05, 3.63) is 64.7 Å². The van der Waals surface area contributed by atoms with Gasteiger partial charge in [-0.15, -0.1) is 0 Å². The van der Waals surface area contributed by atoms with Crippen LogP contribution in [0.15, 0.2) is 42.5 Å². The number of nitrogens with zero attached hydrogens (tertiary/aromatic N) is 1. The molecule has 2 aromatic carbocycles. The fourth-order valence-electron chi connectivity index (χ4n) is 3.81. The van der Waals surface area contributed by atoms with E-state index in [2.05, 4.69) is 28.5 Å². The van der Waals surface area contributed by atoms with Crippen LogP contribution in [0, 0.1) is 6.92 Å². The minimum Gasteiger partial charge on any atom is -0.349 e. The molecule has 0 aromatic heterocycles. The monoisotopic (exact) mass is 405 g/mol. The molecule has 0 unspecified atom stereocenters. The van der Waals surface area contributed by atoms with Crippen molar-refractivity contribution in [3.8, 4) is 0 Å². The zero-order valence-corrected chi connectivity index (χ0v) is 17.9. The minimum atomic E-state index is 0.00689. The van der Waals surface area contributed by atoms with Gasteiger partial charge in [-0.2, -0.15) is 0 Å². The number of hydrogen-bond acceptors (Lipinski definition) is 3. The molecule has 0 bridgehead atoms. The van der Waals surface area contributed by atoms with E-state index in [-0.39, 0.29) is 11.8 Å². The topological polar surface area (TPSA) is 61.4 Å². The highest BCUT2D eigenvalue weighted by atomic mass is 16.2. The molecule has 2 aromatic rings. The largest absolute Gasteiger partial charge is 0.349 e. The molecule has 0 heterocycles. The summed E-state index contributed by atoms with van der Waals surface area (Å²) in [4.78, 5) is 27.2. The zero-order chi connectivity index (χ0) is 21.1. The number of nitrogens with one attached hydrogen (secondary N) is 2. The lowest BCUT2D eigenvalue weighted by Crippen LogP contribution is -2.34. The first-order valence-electron chi connectivity index (χ1n) is 11.1. The van der Waals surface area contributed by atoms with Gasteiger partial charge in [0, 0.05) is 29.9 Å². The Morgan fingerprint density at radius 3 is 2.40 bits per heavy atom. The fourth-order valence-corrected chi connectivity index (χ4v) is 3.81. The average molecular weight is 406 g/mol. The van der Waals surface area contributed by atoms with Gasteiger partial charge in [0.2, 0.25) is 5.91 Å². The van der Waals surface area contributed by atoms with Crippen molar-refractivity contribution in [2.45, 2.75) is 64.6 Å². The second-order valence-electron chi connectivity index (χ2n) is 8.59. The Morgan fingerprint density at radius 2 is 1.77 bits per heavy atom. The van der Waals surface area contributed by atoms with Gasteiger partial charge in [-0.3, -0.25) is 14.5 Å².